The fraction of sp³-hybridized carbons (Fsp3) is 0.176. The van der Waals surface area contributed by atoms with Crippen LogP contribution in [-0.4, -0.2) is 12.0 Å². The molecule has 5 heteroatoms. The Hall–Kier alpha value is -2.66. The summed E-state index contributed by atoms with van der Waals surface area (Å²) in [5, 5.41) is 15.2. The van der Waals surface area contributed by atoms with Crippen molar-refractivity contribution in [1.29, 1.82) is 0 Å². The predicted octanol–water partition coefficient (Wildman–Crippen LogP) is 4.04. The molecule has 0 aliphatic rings. The molecule has 0 unspecified atom stereocenters. The van der Waals surface area contributed by atoms with Gasteiger partial charge in [-0.1, -0.05) is 29.8 Å². The van der Waals surface area contributed by atoms with E-state index in [9.17, 15) is 10.1 Å². The third kappa shape index (κ3) is 2.46. The molecular weight excluding hydrogens is 280 g/mol. The van der Waals surface area contributed by atoms with Crippen LogP contribution >= 0.6 is 0 Å². The Balaban J connectivity index is 2.28. The number of benzene rings is 2. The van der Waals surface area contributed by atoms with Crippen molar-refractivity contribution < 1.29 is 9.34 Å². The minimum absolute atomic E-state index is 0.206. The molecule has 0 radical (unpaired) electrons. The van der Waals surface area contributed by atoms with Crippen LogP contribution in [0.4, 0.5) is 5.88 Å². The van der Waals surface area contributed by atoms with Crippen molar-refractivity contribution in [2.75, 3.05) is 7.05 Å². The van der Waals surface area contributed by atoms with Gasteiger partial charge in [0.2, 0.25) is 0 Å². The van der Waals surface area contributed by atoms with E-state index in [2.05, 4.69) is 5.32 Å². The molecule has 0 saturated heterocycles. The molecular formula is C17H16N2O3. The maximum atomic E-state index is 11.4. The molecule has 3 rings (SSSR count). The summed E-state index contributed by atoms with van der Waals surface area (Å²) in [6, 6.07) is 13.3. The zero-order valence-corrected chi connectivity index (χ0v) is 12.4. The highest BCUT2D eigenvalue weighted by atomic mass is 16.6. The Morgan fingerprint density at radius 1 is 1.23 bits per heavy atom. The molecule has 0 spiro atoms. The number of hydrogen-bond acceptors (Lipinski definition) is 4. The van der Waals surface area contributed by atoms with Crippen LogP contribution in [0.3, 0.4) is 0 Å². The van der Waals surface area contributed by atoms with E-state index in [1.807, 2.05) is 50.4 Å². The largest absolute Gasteiger partial charge is 0.442 e. The van der Waals surface area contributed by atoms with Gasteiger partial charge in [0.15, 0.2) is 0 Å². The van der Waals surface area contributed by atoms with E-state index in [4.69, 9.17) is 4.42 Å². The van der Waals surface area contributed by atoms with E-state index < -0.39 is 4.92 Å². The smallest absolute Gasteiger partial charge is 0.400 e. The quantitative estimate of drug-likeness (QED) is 0.583. The molecule has 0 aliphatic carbocycles. The topological polar surface area (TPSA) is 68.3 Å². The molecule has 2 aromatic carbocycles. The van der Waals surface area contributed by atoms with E-state index >= 15 is 0 Å². The highest BCUT2D eigenvalue weighted by molar-refractivity contribution is 5.99. The number of nitro groups is 1. The van der Waals surface area contributed by atoms with Gasteiger partial charge in [-0.2, -0.15) is 0 Å². The maximum Gasteiger partial charge on any atom is 0.442 e. The van der Waals surface area contributed by atoms with Crippen LogP contribution in [0.25, 0.3) is 22.1 Å². The van der Waals surface area contributed by atoms with Crippen LogP contribution in [0.5, 0.6) is 0 Å². The third-order valence-corrected chi connectivity index (χ3v) is 3.59. The first kappa shape index (κ1) is 14.3. The second-order valence-corrected chi connectivity index (χ2v) is 5.27. The Morgan fingerprint density at radius 2 is 2.05 bits per heavy atom. The van der Waals surface area contributed by atoms with Crippen LogP contribution in [-0.2, 0) is 6.54 Å². The Bertz CT molecular complexity index is 852. The Morgan fingerprint density at radius 3 is 2.77 bits per heavy atom. The van der Waals surface area contributed by atoms with Gasteiger partial charge in [-0.3, -0.25) is 10.1 Å². The van der Waals surface area contributed by atoms with E-state index in [0.29, 0.717) is 17.7 Å². The first-order valence-electron chi connectivity index (χ1n) is 7.01. The molecule has 0 saturated carbocycles. The van der Waals surface area contributed by atoms with Gasteiger partial charge < -0.3 is 9.73 Å². The van der Waals surface area contributed by atoms with E-state index in [0.717, 1.165) is 22.1 Å². The molecule has 1 aromatic heterocycles. The summed E-state index contributed by atoms with van der Waals surface area (Å²) >= 11 is 0. The number of fused-ring (bicyclic) bond motifs is 1. The van der Waals surface area contributed by atoms with Gasteiger partial charge in [0.1, 0.15) is 16.1 Å². The summed E-state index contributed by atoms with van der Waals surface area (Å²) in [4.78, 5) is 10.9. The van der Waals surface area contributed by atoms with Crippen LogP contribution in [0.1, 0.15) is 11.1 Å². The summed E-state index contributed by atoms with van der Waals surface area (Å²) in [7, 11) is 1.87. The van der Waals surface area contributed by atoms with Crippen LogP contribution < -0.4 is 5.32 Å². The zero-order chi connectivity index (χ0) is 15.7. The number of aryl methyl sites for hydroxylation is 1. The fourth-order valence-corrected chi connectivity index (χ4v) is 2.65. The number of furan rings is 1. The Kier molecular flexibility index (Phi) is 3.65. The molecule has 1 N–H and O–H groups in total. The van der Waals surface area contributed by atoms with Crippen molar-refractivity contribution >= 4 is 16.9 Å². The fourth-order valence-electron chi connectivity index (χ4n) is 2.65. The lowest BCUT2D eigenvalue weighted by Crippen LogP contribution is -2.04. The van der Waals surface area contributed by atoms with Crippen molar-refractivity contribution in [2.24, 2.45) is 0 Å². The van der Waals surface area contributed by atoms with Gasteiger partial charge in [-0.05, 0) is 43.3 Å². The SMILES string of the molecule is CNCc1cccc(-c2c([N+](=O)[O-])oc3ccc(C)cc23)c1. The molecule has 5 nitrogen and oxygen atoms in total. The van der Waals surface area contributed by atoms with Gasteiger partial charge in [0.05, 0.1) is 0 Å². The van der Waals surface area contributed by atoms with Crippen molar-refractivity contribution in [3.63, 3.8) is 0 Å². The minimum atomic E-state index is -0.463. The van der Waals surface area contributed by atoms with E-state index in [1.165, 1.54) is 0 Å². The van der Waals surface area contributed by atoms with Crippen molar-refractivity contribution in [3.8, 4) is 11.1 Å². The summed E-state index contributed by atoms with van der Waals surface area (Å²) in [5.74, 6) is -0.206. The molecule has 1 heterocycles. The summed E-state index contributed by atoms with van der Waals surface area (Å²) in [6.07, 6.45) is 0. The first-order valence-corrected chi connectivity index (χ1v) is 7.01. The van der Waals surface area contributed by atoms with Gasteiger partial charge in [-0.15, -0.1) is 0 Å². The molecule has 0 bridgehead atoms. The average Bonchev–Trinajstić information content (AvgIpc) is 2.86. The second-order valence-electron chi connectivity index (χ2n) is 5.27. The first-order chi connectivity index (χ1) is 10.6. The standard InChI is InChI=1S/C17H16N2O3/c1-11-6-7-15-14(8-11)16(17(22-15)19(20)21)13-5-3-4-12(9-13)10-18-2/h3-9,18H,10H2,1-2H3. The molecule has 3 aromatic rings. The van der Waals surface area contributed by atoms with E-state index in [1.54, 1.807) is 6.07 Å². The zero-order valence-electron chi connectivity index (χ0n) is 12.4. The van der Waals surface area contributed by atoms with Crippen molar-refractivity contribution in [3.05, 3.63) is 63.7 Å². The van der Waals surface area contributed by atoms with Gasteiger partial charge in [0.25, 0.3) is 0 Å². The lowest BCUT2D eigenvalue weighted by atomic mass is 10.0. The predicted molar refractivity (Wildman–Crippen MR) is 85.8 cm³/mol. The maximum absolute atomic E-state index is 11.4. The normalized spacial score (nSPS) is 11.0. The number of nitrogens with one attached hydrogen (secondary N) is 1. The molecule has 0 amide bonds. The highest BCUT2D eigenvalue weighted by Gasteiger charge is 2.25. The van der Waals surface area contributed by atoms with Crippen LogP contribution in [0.2, 0.25) is 0 Å². The van der Waals surface area contributed by atoms with Crippen molar-refractivity contribution in [2.45, 2.75) is 13.5 Å². The molecule has 0 atom stereocenters. The van der Waals surface area contributed by atoms with E-state index in [-0.39, 0.29) is 5.88 Å². The minimum Gasteiger partial charge on any atom is -0.400 e. The van der Waals surface area contributed by atoms with Gasteiger partial charge in [-0.25, -0.2) is 0 Å². The van der Waals surface area contributed by atoms with Gasteiger partial charge >= 0.3 is 5.88 Å². The third-order valence-electron chi connectivity index (χ3n) is 3.59. The summed E-state index contributed by atoms with van der Waals surface area (Å²) < 4.78 is 5.46. The molecule has 0 fully saturated rings. The van der Waals surface area contributed by atoms with Crippen molar-refractivity contribution in [1.82, 2.24) is 5.32 Å². The molecule has 0 aliphatic heterocycles. The molecule has 112 valence electrons. The highest BCUT2D eigenvalue weighted by Crippen LogP contribution is 2.40. The van der Waals surface area contributed by atoms with Gasteiger partial charge in [0, 0.05) is 11.9 Å². The monoisotopic (exact) mass is 296 g/mol. The second kappa shape index (κ2) is 5.61. The summed E-state index contributed by atoms with van der Waals surface area (Å²) in [6.45, 7) is 2.66. The summed E-state index contributed by atoms with van der Waals surface area (Å²) in [5.41, 5.74) is 3.98. The molecule has 22 heavy (non-hydrogen) atoms. The lowest BCUT2D eigenvalue weighted by molar-refractivity contribution is -0.400. The number of nitrogens with zero attached hydrogens (tertiary/aromatic N) is 1. The number of rotatable bonds is 4. The number of hydrogen-bond donors (Lipinski definition) is 1. The average molecular weight is 296 g/mol. The lowest BCUT2D eigenvalue weighted by Gasteiger charge is -2.04. The van der Waals surface area contributed by atoms with Crippen LogP contribution in [0, 0.1) is 17.0 Å². The Labute approximate surface area is 127 Å². The van der Waals surface area contributed by atoms with Crippen LogP contribution in [0.15, 0.2) is 46.9 Å².